The van der Waals surface area contributed by atoms with Crippen molar-refractivity contribution in [3.63, 3.8) is 0 Å². The molecule has 2 rings (SSSR count). The van der Waals surface area contributed by atoms with Crippen molar-refractivity contribution < 1.29 is 17.9 Å². The number of guanidine groups is 1. The fourth-order valence-electron chi connectivity index (χ4n) is 1.74. The van der Waals surface area contributed by atoms with Crippen molar-refractivity contribution in [2.75, 3.05) is 11.9 Å². The highest BCUT2D eigenvalue weighted by Gasteiger charge is 2.28. The first kappa shape index (κ1) is 20.1. The summed E-state index contributed by atoms with van der Waals surface area (Å²) in [7, 11) is 0. The van der Waals surface area contributed by atoms with Crippen molar-refractivity contribution in [3.8, 4) is 5.75 Å². The minimum absolute atomic E-state index is 0. The highest BCUT2D eigenvalue weighted by Crippen LogP contribution is 2.19. The van der Waals surface area contributed by atoms with E-state index >= 15 is 0 Å². The summed E-state index contributed by atoms with van der Waals surface area (Å²) in [5.41, 5.74) is 7.40. The van der Waals surface area contributed by atoms with E-state index in [1.54, 1.807) is 12.1 Å². The summed E-state index contributed by atoms with van der Waals surface area (Å²) >= 11 is 0. The van der Waals surface area contributed by atoms with Crippen LogP contribution in [0.3, 0.4) is 0 Å². The Bertz CT molecular complexity index is 646. The van der Waals surface area contributed by atoms with Crippen LogP contribution in [0.5, 0.6) is 5.75 Å². The van der Waals surface area contributed by atoms with Crippen LogP contribution in [-0.2, 0) is 6.54 Å². The fraction of sp³-hybridized carbons (Fsp3) is 0.188. The minimum Gasteiger partial charge on any atom is -0.484 e. The van der Waals surface area contributed by atoms with E-state index in [0.717, 1.165) is 11.3 Å². The lowest BCUT2D eigenvalue weighted by molar-refractivity contribution is -0.153. The Balaban J connectivity index is 0.00000288. The Morgan fingerprint density at radius 3 is 2.25 bits per heavy atom. The minimum atomic E-state index is -4.35. The van der Waals surface area contributed by atoms with Crippen molar-refractivity contribution in [2.24, 2.45) is 10.7 Å². The number of halogens is 4. The molecule has 0 fully saturated rings. The van der Waals surface area contributed by atoms with E-state index in [1.165, 1.54) is 12.1 Å². The van der Waals surface area contributed by atoms with E-state index in [2.05, 4.69) is 15.0 Å². The second-order valence-corrected chi connectivity index (χ2v) is 4.74. The molecular formula is C16H17F3IN3O. The van der Waals surface area contributed by atoms with Crippen molar-refractivity contribution >= 4 is 35.6 Å². The first-order valence-corrected chi connectivity index (χ1v) is 6.83. The van der Waals surface area contributed by atoms with Gasteiger partial charge in [0.2, 0.25) is 0 Å². The maximum absolute atomic E-state index is 12.0. The van der Waals surface area contributed by atoms with Gasteiger partial charge in [-0.1, -0.05) is 30.3 Å². The Kier molecular flexibility index (Phi) is 7.83. The number of anilines is 1. The van der Waals surface area contributed by atoms with Crippen molar-refractivity contribution in [2.45, 2.75) is 12.7 Å². The number of nitrogens with two attached hydrogens (primary N) is 1. The molecule has 0 saturated heterocycles. The SMILES string of the molecule is I.NC(=NCc1ccc(OCC(F)(F)F)cc1)Nc1ccccc1. The van der Waals surface area contributed by atoms with Crippen LogP contribution >= 0.6 is 24.0 Å². The van der Waals surface area contributed by atoms with Gasteiger partial charge in [-0.15, -0.1) is 24.0 Å². The lowest BCUT2D eigenvalue weighted by Crippen LogP contribution is -2.22. The average Bonchev–Trinajstić information content (AvgIpc) is 2.52. The van der Waals surface area contributed by atoms with Crippen molar-refractivity contribution in [1.82, 2.24) is 0 Å². The number of ether oxygens (including phenoxy) is 1. The summed E-state index contributed by atoms with van der Waals surface area (Å²) in [6, 6.07) is 15.6. The van der Waals surface area contributed by atoms with E-state index in [1.807, 2.05) is 30.3 Å². The van der Waals surface area contributed by atoms with Crippen LogP contribution in [0.2, 0.25) is 0 Å². The number of hydrogen-bond donors (Lipinski definition) is 2. The molecule has 130 valence electrons. The molecule has 0 aliphatic rings. The van der Waals surface area contributed by atoms with E-state index in [4.69, 9.17) is 5.73 Å². The molecule has 0 aliphatic carbocycles. The third kappa shape index (κ3) is 7.53. The summed E-state index contributed by atoms with van der Waals surface area (Å²) in [5, 5.41) is 2.94. The zero-order valence-electron chi connectivity index (χ0n) is 12.6. The maximum Gasteiger partial charge on any atom is 0.422 e. The molecule has 0 aliphatic heterocycles. The molecule has 0 amide bonds. The number of nitrogens with zero attached hydrogens (tertiary/aromatic N) is 1. The maximum atomic E-state index is 12.0. The zero-order chi connectivity index (χ0) is 16.7. The standard InChI is InChI=1S/C16H16F3N3O.HI/c17-16(18,19)11-23-14-8-6-12(7-9-14)10-21-15(20)22-13-4-2-1-3-5-13;/h1-9H,10-11H2,(H3,20,21,22);1H. The van der Waals surface area contributed by atoms with E-state index in [0.29, 0.717) is 6.54 Å². The predicted molar refractivity (Wildman–Crippen MR) is 98.8 cm³/mol. The molecule has 4 nitrogen and oxygen atoms in total. The Morgan fingerprint density at radius 2 is 1.67 bits per heavy atom. The summed E-state index contributed by atoms with van der Waals surface area (Å²) in [6.45, 7) is -0.996. The lowest BCUT2D eigenvalue weighted by Gasteiger charge is -2.09. The number of nitrogens with one attached hydrogen (secondary N) is 1. The molecule has 0 aromatic heterocycles. The van der Waals surface area contributed by atoms with Gasteiger partial charge in [-0.2, -0.15) is 13.2 Å². The highest BCUT2D eigenvalue weighted by molar-refractivity contribution is 14.0. The normalized spacial score (nSPS) is 11.5. The molecule has 2 aromatic rings. The molecule has 0 heterocycles. The summed E-state index contributed by atoms with van der Waals surface area (Å²) < 4.78 is 40.8. The highest BCUT2D eigenvalue weighted by atomic mass is 127. The molecule has 24 heavy (non-hydrogen) atoms. The third-order valence-electron chi connectivity index (χ3n) is 2.80. The zero-order valence-corrected chi connectivity index (χ0v) is 14.9. The summed E-state index contributed by atoms with van der Waals surface area (Å²) in [5.74, 6) is 0.416. The second kappa shape index (κ2) is 9.36. The molecule has 0 radical (unpaired) electrons. The fourth-order valence-corrected chi connectivity index (χ4v) is 1.74. The molecule has 0 spiro atoms. The quantitative estimate of drug-likeness (QED) is 0.408. The van der Waals surface area contributed by atoms with Crippen LogP contribution in [0.1, 0.15) is 5.56 Å². The average molecular weight is 451 g/mol. The van der Waals surface area contributed by atoms with Gasteiger partial charge >= 0.3 is 6.18 Å². The van der Waals surface area contributed by atoms with Gasteiger partial charge in [0.05, 0.1) is 6.54 Å². The van der Waals surface area contributed by atoms with Crippen molar-refractivity contribution in [1.29, 1.82) is 0 Å². The van der Waals surface area contributed by atoms with E-state index < -0.39 is 12.8 Å². The van der Waals surface area contributed by atoms with Gasteiger partial charge in [0.15, 0.2) is 12.6 Å². The Morgan fingerprint density at radius 1 is 1.04 bits per heavy atom. The molecule has 8 heteroatoms. The summed E-state index contributed by atoms with van der Waals surface area (Å²) in [4.78, 5) is 4.17. The molecule has 0 saturated carbocycles. The number of rotatable bonds is 5. The van der Waals surface area contributed by atoms with Gasteiger partial charge in [0, 0.05) is 5.69 Å². The second-order valence-electron chi connectivity index (χ2n) is 4.74. The third-order valence-corrected chi connectivity index (χ3v) is 2.80. The number of aliphatic imine (C=N–C) groups is 1. The van der Waals surface area contributed by atoms with Crippen LogP contribution in [-0.4, -0.2) is 18.7 Å². The Labute approximate surface area is 154 Å². The molecule has 0 atom stereocenters. The van der Waals surface area contributed by atoms with Gasteiger partial charge in [-0.3, -0.25) is 0 Å². The van der Waals surface area contributed by atoms with E-state index in [9.17, 15) is 13.2 Å². The number of para-hydroxylation sites is 1. The Hall–Kier alpha value is -1.97. The molecular weight excluding hydrogens is 434 g/mol. The molecule has 0 unspecified atom stereocenters. The topological polar surface area (TPSA) is 59.6 Å². The number of alkyl halides is 3. The van der Waals surface area contributed by atoms with Crippen LogP contribution in [0.15, 0.2) is 59.6 Å². The molecule has 0 bridgehead atoms. The predicted octanol–water partition coefficient (Wildman–Crippen LogP) is 4.17. The first-order chi connectivity index (χ1) is 10.9. The monoisotopic (exact) mass is 451 g/mol. The number of benzene rings is 2. The van der Waals surface area contributed by atoms with E-state index in [-0.39, 0.29) is 35.7 Å². The van der Waals surface area contributed by atoms with Gasteiger partial charge in [0.25, 0.3) is 0 Å². The van der Waals surface area contributed by atoms with Crippen LogP contribution in [0, 0.1) is 0 Å². The van der Waals surface area contributed by atoms with Gasteiger partial charge in [0.1, 0.15) is 5.75 Å². The van der Waals surface area contributed by atoms with Gasteiger partial charge in [-0.05, 0) is 29.8 Å². The largest absolute Gasteiger partial charge is 0.484 e. The van der Waals surface area contributed by atoms with Gasteiger partial charge in [-0.25, -0.2) is 4.99 Å². The first-order valence-electron chi connectivity index (χ1n) is 6.83. The molecule has 3 N–H and O–H groups in total. The van der Waals surface area contributed by atoms with Crippen LogP contribution in [0.4, 0.5) is 18.9 Å². The smallest absolute Gasteiger partial charge is 0.422 e. The summed E-state index contributed by atoms with van der Waals surface area (Å²) in [6.07, 6.45) is -4.35. The lowest BCUT2D eigenvalue weighted by atomic mass is 10.2. The van der Waals surface area contributed by atoms with Crippen molar-refractivity contribution in [3.05, 3.63) is 60.2 Å². The van der Waals surface area contributed by atoms with Gasteiger partial charge < -0.3 is 15.8 Å². The number of hydrogen-bond acceptors (Lipinski definition) is 2. The molecule has 2 aromatic carbocycles. The van der Waals surface area contributed by atoms with Crippen LogP contribution < -0.4 is 15.8 Å². The van der Waals surface area contributed by atoms with Crippen LogP contribution in [0.25, 0.3) is 0 Å².